The summed E-state index contributed by atoms with van der Waals surface area (Å²) in [5, 5.41) is 30.2. The van der Waals surface area contributed by atoms with Crippen LogP contribution >= 0.6 is 0 Å². The van der Waals surface area contributed by atoms with Crippen molar-refractivity contribution in [2.45, 2.75) is 0 Å². The van der Waals surface area contributed by atoms with Gasteiger partial charge in [-0.15, -0.1) is 0 Å². The normalized spacial score (nSPS) is 10.7. The van der Waals surface area contributed by atoms with Gasteiger partial charge >= 0.3 is 5.69 Å². The minimum Gasteiger partial charge on any atom is -0.508 e. The zero-order valence-corrected chi connectivity index (χ0v) is 11.0. The Morgan fingerprint density at radius 1 is 1.09 bits per heavy atom. The summed E-state index contributed by atoms with van der Waals surface area (Å²) >= 11 is 0. The molecule has 0 saturated heterocycles. The lowest BCUT2D eigenvalue weighted by Gasteiger charge is -2.06. The van der Waals surface area contributed by atoms with Crippen LogP contribution in [0.15, 0.2) is 51.7 Å². The summed E-state index contributed by atoms with van der Waals surface area (Å²) in [5.74, 6) is -1.12. The van der Waals surface area contributed by atoms with Crippen LogP contribution in [0, 0.1) is 10.1 Å². The maximum atomic E-state index is 12.4. The molecular formula is C15H9NO6. The number of rotatable bonds is 2. The summed E-state index contributed by atoms with van der Waals surface area (Å²) in [6, 6.07) is 10.1. The molecule has 0 aliphatic carbocycles. The molecule has 1 heterocycles. The molecule has 110 valence electrons. The van der Waals surface area contributed by atoms with Gasteiger partial charge in [0.05, 0.1) is 4.92 Å². The number of hydrogen-bond donors (Lipinski definition) is 2. The summed E-state index contributed by atoms with van der Waals surface area (Å²) in [7, 11) is 0. The van der Waals surface area contributed by atoms with Crippen molar-refractivity contribution in [2.24, 2.45) is 0 Å². The van der Waals surface area contributed by atoms with Crippen molar-refractivity contribution in [3.05, 3.63) is 62.8 Å². The van der Waals surface area contributed by atoms with Crippen LogP contribution < -0.4 is 5.43 Å². The second-order valence-electron chi connectivity index (χ2n) is 4.57. The standard InChI is InChI=1S/C15H9NO6/c17-9-6-10(18)12-11(7-9)22-15(8-4-2-1-3-5-8)13(14(12)19)16(20)21/h1-7,17-18H. The van der Waals surface area contributed by atoms with Crippen molar-refractivity contribution in [1.29, 1.82) is 0 Å². The molecule has 0 amide bonds. The molecule has 0 atom stereocenters. The number of phenols is 2. The molecule has 0 radical (unpaired) electrons. The Bertz CT molecular complexity index is 946. The second-order valence-corrected chi connectivity index (χ2v) is 4.57. The third kappa shape index (κ3) is 2.05. The lowest BCUT2D eigenvalue weighted by molar-refractivity contribution is -0.386. The molecule has 0 aliphatic rings. The minimum atomic E-state index is -0.970. The van der Waals surface area contributed by atoms with Crippen LogP contribution in [0.2, 0.25) is 0 Å². The van der Waals surface area contributed by atoms with E-state index < -0.39 is 21.8 Å². The van der Waals surface area contributed by atoms with Gasteiger partial charge in [0.1, 0.15) is 22.5 Å². The molecular weight excluding hydrogens is 290 g/mol. The van der Waals surface area contributed by atoms with Crippen LogP contribution in [0.3, 0.4) is 0 Å². The van der Waals surface area contributed by atoms with E-state index in [0.717, 1.165) is 12.1 Å². The predicted molar refractivity (Wildman–Crippen MR) is 77.9 cm³/mol. The highest BCUT2D eigenvalue weighted by molar-refractivity contribution is 5.89. The fourth-order valence-corrected chi connectivity index (χ4v) is 2.23. The molecule has 0 bridgehead atoms. The van der Waals surface area contributed by atoms with E-state index >= 15 is 0 Å². The van der Waals surface area contributed by atoms with Gasteiger partial charge in [-0.25, -0.2) is 0 Å². The Kier molecular flexibility index (Phi) is 3.03. The monoisotopic (exact) mass is 299 g/mol. The van der Waals surface area contributed by atoms with Crippen LogP contribution in [0.25, 0.3) is 22.3 Å². The fraction of sp³-hybridized carbons (Fsp3) is 0. The first-order chi connectivity index (χ1) is 10.5. The Balaban J connectivity index is 2.49. The first kappa shape index (κ1) is 13.6. The zero-order valence-electron chi connectivity index (χ0n) is 11.0. The maximum Gasteiger partial charge on any atom is 0.359 e. The highest BCUT2D eigenvalue weighted by Crippen LogP contribution is 2.35. The summed E-state index contributed by atoms with van der Waals surface area (Å²) in [6.07, 6.45) is 0. The summed E-state index contributed by atoms with van der Waals surface area (Å²) in [5.41, 5.74) is -1.52. The molecule has 2 N–H and O–H groups in total. The van der Waals surface area contributed by atoms with Crippen LogP contribution in [-0.2, 0) is 0 Å². The van der Waals surface area contributed by atoms with E-state index in [1.807, 2.05) is 0 Å². The van der Waals surface area contributed by atoms with Gasteiger partial charge in [-0.2, -0.15) is 0 Å². The zero-order chi connectivity index (χ0) is 15.9. The van der Waals surface area contributed by atoms with Gasteiger partial charge in [-0.3, -0.25) is 14.9 Å². The number of aromatic hydroxyl groups is 2. The van der Waals surface area contributed by atoms with Gasteiger partial charge in [0, 0.05) is 17.7 Å². The van der Waals surface area contributed by atoms with E-state index in [-0.39, 0.29) is 22.5 Å². The van der Waals surface area contributed by atoms with Crippen LogP contribution in [0.1, 0.15) is 0 Å². The number of fused-ring (bicyclic) bond motifs is 1. The van der Waals surface area contributed by atoms with Gasteiger partial charge in [0.25, 0.3) is 5.43 Å². The van der Waals surface area contributed by atoms with Gasteiger partial charge in [-0.1, -0.05) is 30.3 Å². The van der Waals surface area contributed by atoms with E-state index in [1.54, 1.807) is 30.3 Å². The largest absolute Gasteiger partial charge is 0.508 e. The van der Waals surface area contributed by atoms with Crippen molar-refractivity contribution in [3.8, 4) is 22.8 Å². The highest BCUT2D eigenvalue weighted by atomic mass is 16.6. The molecule has 22 heavy (non-hydrogen) atoms. The first-order valence-corrected chi connectivity index (χ1v) is 6.21. The van der Waals surface area contributed by atoms with Crippen LogP contribution in [0.4, 0.5) is 5.69 Å². The maximum absolute atomic E-state index is 12.4. The minimum absolute atomic E-state index is 0.132. The topological polar surface area (TPSA) is 114 Å². The Labute approximate surface area is 122 Å². The summed E-state index contributed by atoms with van der Waals surface area (Å²) < 4.78 is 5.42. The van der Waals surface area contributed by atoms with Gasteiger partial charge in [0.15, 0.2) is 0 Å². The summed E-state index contributed by atoms with van der Waals surface area (Å²) in [6.45, 7) is 0. The number of benzene rings is 2. The molecule has 3 aromatic rings. The molecule has 2 aromatic carbocycles. The smallest absolute Gasteiger partial charge is 0.359 e. The van der Waals surface area contributed by atoms with E-state index in [1.165, 1.54) is 0 Å². The molecule has 0 aliphatic heterocycles. The molecule has 3 rings (SSSR count). The molecule has 0 unspecified atom stereocenters. The molecule has 0 spiro atoms. The molecule has 7 heteroatoms. The Morgan fingerprint density at radius 3 is 2.41 bits per heavy atom. The van der Waals surface area contributed by atoms with E-state index in [2.05, 4.69) is 0 Å². The third-order valence-corrected chi connectivity index (χ3v) is 3.15. The van der Waals surface area contributed by atoms with Gasteiger partial charge < -0.3 is 14.6 Å². The van der Waals surface area contributed by atoms with Gasteiger partial charge in [0.2, 0.25) is 5.76 Å². The van der Waals surface area contributed by atoms with Crippen molar-refractivity contribution < 1.29 is 19.6 Å². The summed E-state index contributed by atoms with van der Waals surface area (Å²) in [4.78, 5) is 22.8. The molecule has 0 fully saturated rings. The second kappa shape index (κ2) is 4.88. The van der Waals surface area contributed by atoms with E-state index in [9.17, 15) is 25.1 Å². The Hall–Kier alpha value is -3.35. The van der Waals surface area contributed by atoms with E-state index in [0.29, 0.717) is 5.56 Å². The molecule has 0 saturated carbocycles. The van der Waals surface area contributed by atoms with Crippen LogP contribution in [-0.4, -0.2) is 15.1 Å². The van der Waals surface area contributed by atoms with Crippen LogP contribution in [0.5, 0.6) is 11.5 Å². The van der Waals surface area contributed by atoms with E-state index in [4.69, 9.17) is 4.42 Å². The number of nitrogens with zero attached hydrogens (tertiary/aromatic N) is 1. The average molecular weight is 299 g/mol. The highest BCUT2D eigenvalue weighted by Gasteiger charge is 2.27. The van der Waals surface area contributed by atoms with Crippen molar-refractivity contribution in [2.75, 3.05) is 0 Å². The fourth-order valence-electron chi connectivity index (χ4n) is 2.23. The number of hydrogen-bond acceptors (Lipinski definition) is 6. The number of nitro groups is 1. The first-order valence-electron chi connectivity index (χ1n) is 6.21. The molecule has 1 aromatic heterocycles. The lowest BCUT2D eigenvalue weighted by atomic mass is 10.1. The van der Waals surface area contributed by atoms with Crippen molar-refractivity contribution in [1.82, 2.24) is 0 Å². The average Bonchev–Trinajstić information content (AvgIpc) is 2.46. The third-order valence-electron chi connectivity index (χ3n) is 3.15. The lowest BCUT2D eigenvalue weighted by Crippen LogP contribution is -2.10. The predicted octanol–water partition coefficient (Wildman–Crippen LogP) is 2.78. The van der Waals surface area contributed by atoms with Crippen molar-refractivity contribution in [3.63, 3.8) is 0 Å². The van der Waals surface area contributed by atoms with Crippen molar-refractivity contribution >= 4 is 16.7 Å². The molecule has 7 nitrogen and oxygen atoms in total. The number of phenolic OH excluding ortho intramolecular Hbond substituents is 2. The Morgan fingerprint density at radius 2 is 1.77 bits per heavy atom. The SMILES string of the molecule is O=c1c([N+](=O)[O-])c(-c2ccccc2)oc2cc(O)cc(O)c12. The van der Waals surface area contributed by atoms with Gasteiger partial charge in [-0.05, 0) is 0 Å². The quantitative estimate of drug-likeness (QED) is 0.555.